The molecule has 2 nitrogen and oxygen atoms in total. The number of benzene rings is 5. The van der Waals surface area contributed by atoms with Crippen molar-refractivity contribution in [2.24, 2.45) is 5.92 Å². The Labute approximate surface area is 315 Å². The minimum atomic E-state index is 0.250. The third-order valence-corrected chi connectivity index (χ3v) is 12.1. The first kappa shape index (κ1) is 31.2. The van der Waals surface area contributed by atoms with Crippen LogP contribution in [0.15, 0.2) is 158 Å². The lowest BCUT2D eigenvalue weighted by atomic mass is 9.90. The molecule has 0 fully saturated rings. The molecule has 3 heterocycles. The van der Waals surface area contributed by atoms with Crippen LogP contribution >= 0.6 is 0 Å². The van der Waals surface area contributed by atoms with E-state index in [-0.39, 0.29) is 5.92 Å². The van der Waals surface area contributed by atoms with Gasteiger partial charge in [0.15, 0.2) is 0 Å². The molecule has 5 aromatic carbocycles. The Hall–Kier alpha value is -6.38. The summed E-state index contributed by atoms with van der Waals surface area (Å²) in [5, 5.41) is 6.62. The van der Waals surface area contributed by atoms with Crippen LogP contribution in [0.2, 0.25) is 0 Å². The lowest BCUT2D eigenvalue weighted by molar-refractivity contribution is 0.926. The fourth-order valence-electron chi connectivity index (χ4n) is 9.63. The van der Waals surface area contributed by atoms with Gasteiger partial charge in [0.1, 0.15) is 0 Å². The predicted molar refractivity (Wildman–Crippen MR) is 232 cm³/mol. The monoisotopic (exact) mass is 692 g/mol. The molecule has 0 bridgehead atoms. The van der Waals surface area contributed by atoms with Gasteiger partial charge in [0.2, 0.25) is 0 Å². The van der Waals surface area contributed by atoms with Gasteiger partial charge >= 0.3 is 0 Å². The van der Waals surface area contributed by atoms with Crippen LogP contribution in [-0.4, -0.2) is 8.97 Å². The highest BCUT2D eigenvalue weighted by molar-refractivity contribution is 6.18. The van der Waals surface area contributed by atoms with Gasteiger partial charge < -0.3 is 8.97 Å². The van der Waals surface area contributed by atoms with Crippen molar-refractivity contribution in [1.29, 1.82) is 0 Å². The van der Waals surface area contributed by atoms with E-state index in [4.69, 9.17) is 0 Å². The van der Waals surface area contributed by atoms with E-state index in [2.05, 4.69) is 187 Å². The van der Waals surface area contributed by atoms with Crippen molar-refractivity contribution < 1.29 is 0 Å². The van der Waals surface area contributed by atoms with Crippen molar-refractivity contribution >= 4 is 71.9 Å². The van der Waals surface area contributed by atoms with Crippen LogP contribution in [0.4, 0.5) is 0 Å². The second kappa shape index (κ2) is 12.1. The summed E-state index contributed by atoms with van der Waals surface area (Å²) in [4.78, 5) is 0. The van der Waals surface area contributed by atoms with Gasteiger partial charge in [0.25, 0.3) is 0 Å². The first-order valence-electron chi connectivity index (χ1n) is 19.4. The minimum absolute atomic E-state index is 0.250. The maximum atomic E-state index is 2.54. The summed E-state index contributed by atoms with van der Waals surface area (Å²) in [5.74, 6) is 0.250. The zero-order valence-electron chi connectivity index (χ0n) is 30.7. The van der Waals surface area contributed by atoms with Crippen LogP contribution in [-0.2, 0) is 12.8 Å². The molecule has 3 aromatic heterocycles. The Balaban J connectivity index is 1.04. The molecule has 8 aromatic rings. The van der Waals surface area contributed by atoms with Crippen LogP contribution in [0.3, 0.4) is 0 Å². The van der Waals surface area contributed by atoms with Gasteiger partial charge in [-0.1, -0.05) is 122 Å². The van der Waals surface area contributed by atoms with E-state index >= 15 is 0 Å². The minimum Gasteiger partial charge on any atom is -0.312 e. The Morgan fingerprint density at radius 1 is 0.685 bits per heavy atom. The number of rotatable bonds is 5. The Morgan fingerprint density at radius 3 is 2.35 bits per heavy atom. The lowest BCUT2D eigenvalue weighted by Crippen LogP contribution is -1.96. The van der Waals surface area contributed by atoms with Crippen molar-refractivity contribution in [2.75, 3.05) is 0 Å². The summed E-state index contributed by atoms with van der Waals surface area (Å²) in [6.07, 6.45) is 28.2. The molecule has 0 radical (unpaired) electrons. The third kappa shape index (κ3) is 4.53. The first-order chi connectivity index (χ1) is 26.7. The molecule has 1 unspecified atom stereocenters. The molecule has 1 atom stereocenters. The van der Waals surface area contributed by atoms with Gasteiger partial charge in [0, 0.05) is 43.9 Å². The number of nitrogens with zero attached hydrogens (tertiary/aromatic N) is 2. The summed E-state index contributed by atoms with van der Waals surface area (Å²) >= 11 is 0. The second-order valence-electron chi connectivity index (χ2n) is 15.1. The normalized spacial score (nSPS) is 17.1. The number of aromatic nitrogens is 2. The molecule has 3 aliphatic carbocycles. The van der Waals surface area contributed by atoms with Crippen LogP contribution in [0.1, 0.15) is 48.2 Å². The van der Waals surface area contributed by atoms with Crippen molar-refractivity contribution in [3.8, 4) is 11.1 Å². The molecule has 0 amide bonds. The van der Waals surface area contributed by atoms with Crippen molar-refractivity contribution in [2.45, 2.75) is 33.1 Å². The Bertz CT molecular complexity index is 3090. The van der Waals surface area contributed by atoms with E-state index in [1.165, 1.54) is 105 Å². The summed E-state index contributed by atoms with van der Waals surface area (Å²) < 4.78 is 5.00. The highest BCUT2D eigenvalue weighted by atomic mass is 15.0. The molecule has 0 saturated carbocycles. The van der Waals surface area contributed by atoms with Crippen LogP contribution < -0.4 is 0 Å². The smallest absolute Gasteiger partial charge is 0.0617 e. The number of aryl methyl sites for hydroxylation is 1. The van der Waals surface area contributed by atoms with Gasteiger partial charge in [0.05, 0.1) is 22.1 Å². The molecule has 0 spiro atoms. The standard InChI is InChI=1S/C52H40N2/c1-3-4-5-13-34-23-27-41-39(34)17-12-18-40(41)35-24-29-51-45(30-35)42-14-6-9-19-48(42)53(51)37-25-22-33(2)38(28-26-37)36-31-46-43-15-7-10-20-49(43)54-50-21-11-8-16-44(50)47(32-36)52(46)54/h3-10,12-20,22-26,28-33H,11,21,27H2,1-2H3/b4-3-,13-5-. The SMILES string of the molecule is C/C=C\C=C/C1=CCc2c1cccc2-c1ccc2c(c1)c1ccccc1n2C1=CC=C(c2cc3c4c(n5c6ccccc6c(c2)c35)CCC=C4)C(C)C=C1. The van der Waals surface area contributed by atoms with E-state index in [1.807, 2.05) is 0 Å². The molecule has 54 heavy (non-hydrogen) atoms. The van der Waals surface area contributed by atoms with Gasteiger partial charge in [-0.3, -0.25) is 0 Å². The third-order valence-electron chi connectivity index (χ3n) is 12.1. The molecule has 258 valence electrons. The molecular formula is C52H40N2. The van der Waals surface area contributed by atoms with Gasteiger partial charge in [-0.25, -0.2) is 0 Å². The van der Waals surface area contributed by atoms with E-state index in [1.54, 1.807) is 0 Å². The van der Waals surface area contributed by atoms with E-state index in [9.17, 15) is 0 Å². The number of hydrogen-bond acceptors (Lipinski definition) is 0. The molecular weight excluding hydrogens is 653 g/mol. The first-order valence-corrected chi connectivity index (χ1v) is 19.4. The average Bonchev–Trinajstić information content (AvgIpc) is 3.93. The molecule has 11 rings (SSSR count). The zero-order chi connectivity index (χ0) is 35.9. The summed E-state index contributed by atoms with van der Waals surface area (Å²) in [7, 11) is 0. The molecule has 0 saturated heterocycles. The predicted octanol–water partition coefficient (Wildman–Crippen LogP) is 13.6. The van der Waals surface area contributed by atoms with Crippen LogP contribution in [0.25, 0.3) is 83.0 Å². The van der Waals surface area contributed by atoms with E-state index < -0.39 is 0 Å². The zero-order valence-corrected chi connectivity index (χ0v) is 30.7. The topological polar surface area (TPSA) is 9.34 Å². The average molecular weight is 693 g/mol. The van der Waals surface area contributed by atoms with E-state index in [0.717, 1.165) is 19.3 Å². The number of allylic oxidation sites excluding steroid dienone is 13. The Kier molecular flexibility index (Phi) is 6.97. The lowest BCUT2D eigenvalue weighted by Gasteiger charge is -2.13. The van der Waals surface area contributed by atoms with Crippen LogP contribution in [0, 0.1) is 5.92 Å². The maximum Gasteiger partial charge on any atom is 0.0617 e. The van der Waals surface area contributed by atoms with Crippen molar-refractivity contribution in [3.63, 3.8) is 0 Å². The molecule has 3 aliphatic rings. The second-order valence-corrected chi connectivity index (χ2v) is 15.1. The van der Waals surface area contributed by atoms with Crippen molar-refractivity contribution in [3.05, 3.63) is 186 Å². The van der Waals surface area contributed by atoms with Crippen LogP contribution in [0.5, 0.6) is 0 Å². The Morgan fingerprint density at radius 2 is 1.46 bits per heavy atom. The number of hydrogen-bond donors (Lipinski definition) is 0. The molecule has 0 N–H and O–H groups in total. The summed E-state index contributed by atoms with van der Waals surface area (Å²) in [6, 6.07) is 36.6. The summed E-state index contributed by atoms with van der Waals surface area (Å²) in [6.45, 7) is 4.39. The van der Waals surface area contributed by atoms with Crippen molar-refractivity contribution in [1.82, 2.24) is 8.97 Å². The fourth-order valence-corrected chi connectivity index (χ4v) is 9.63. The van der Waals surface area contributed by atoms with Gasteiger partial charge in [-0.2, -0.15) is 0 Å². The number of fused-ring (bicyclic) bond motifs is 10. The summed E-state index contributed by atoms with van der Waals surface area (Å²) in [5.41, 5.74) is 18.5. The highest BCUT2D eigenvalue weighted by Crippen LogP contribution is 2.44. The largest absolute Gasteiger partial charge is 0.312 e. The quantitative estimate of drug-likeness (QED) is 0.159. The van der Waals surface area contributed by atoms with Gasteiger partial charge in [-0.15, -0.1) is 0 Å². The number of para-hydroxylation sites is 2. The molecule has 0 aliphatic heterocycles. The van der Waals surface area contributed by atoms with E-state index in [0.29, 0.717) is 0 Å². The van der Waals surface area contributed by atoms with Gasteiger partial charge in [-0.05, 0) is 120 Å². The molecule has 2 heteroatoms. The maximum absolute atomic E-state index is 2.54. The highest BCUT2D eigenvalue weighted by Gasteiger charge is 2.24. The fraction of sp³-hybridized carbons (Fsp3) is 0.115.